The molecule has 4 rings (SSSR count). The minimum Gasteiger partial charge on any atom is -0.493 e. The number of halogens is 2. The predicted octanol–water partition coefficient (Wildman–Crippen LogP) is 6.17. The molecule has 34 heavy (non-hydrogen) atoms. The Morgan fingerprint density at radius 1 is 1.21 bits per heavy atom. The number of nitro groups is 1. The number of ether oxygens (including phenoxy) is 2. The molecule has 1 saturated heterocycles. The zero-order chi connectivity index (χ0) is 24.4. The van der Waals surface area contributed by atoms with Crippen LogP contribution in [-0.4, -0.2) is 48.0 Å². The van der Waals surface area contributed by atoms with Crippen LogP contribution in [-0.2, 0) is 0 Å². The summed E-state index contributed by atoms with van der Waals surface area (Å²) in [5.74, 6) is 1.20. The second-order valence-electron chi connectivity index (χ2n) is 7.75. The van der Waals surface area contributed by atoms with Crippen LogP contribution in [0.5, 0.6) is 11.5 Å². The Bertz CT molecular complexity index is 1240. The molecule has 0 atom stereocenters. The number of piperidine rings is 1. The van der Waals surface area contributed by atoms with E-state index in [0.717, 1.165) is 17.8 Å². The number of methoxy groups -OCH3 is 2. The van der Waals surface area contributed by atoms with Crippen LogP contribution in [0.3, 0.4) is 0 Å². The fraction of sp³-hybridized carbons (Fsp3) is 0.304. The van der Waals surface area contributed by atoms with Crippen molar-refractivity contribution in [2.75, 3.05) is 27.3 Å². The lowest BCUT2D eigenvalue weighted by atomic mass is 9.97. The Kier molecular flexibility index (Phi) is 7.39. The van der Waals surface area contributed by atoms with E-state index in [0.29, 0.717) is 45.9 Å². The largest absolute Gasteiger partial charge is 0.493 e. The minimum absolute atomic E-state index is 0.0698. The first-order valence-corrected chi connectivity index (χ1v) is 12.5. The van der Waals surface area contributed by atoms with Gasteiger partial charge in [0.2, 0.25) is 0 Å². The van der Waals surface area contributed by atoms with Crippen molar-refractivity contribution < 1.29 is 19.2 Å². The third kappa shape index (κ3) is 4.89. The van der Waals surface area contributed by atoms with E-state index in [9.17, 15) is 14.9 Å². The highest BCUT2D eigenvalue weighted by Gasteiger charge is 2.28. The van der Waals surface area contributed by atoms with Crippen LogP contribution >= 0.6 is 38.9 Å². The summed E-state index contributed by atoms with van der Waals surface area (Å²) >= 11 is 10.9. The minimum atomic E-state index is -0.497. The fourth-order valence-corrected chi connectivity index (χ4v) is 5.62. The summed E-state index contributed by atoms with van der Waals surface area (Å²) in [4.78, 5) is 30.4. The third-order valence-corrected chi connectivity index (χ3v) is 7.78. The van der Waals surface area contributed by atoms with Gasteiger partial charge in [-0.1, -0.05) is 17.7 Å². The molecule has 11 heteroatoms. The molecule has 0 aliphatic carbocycles. The summed E-state index contributed by atoms with van der Waals surface area (Å²) in [6, 6.07) is 8.12. The van der Waals surface area contributed by atoms with Gasteiger partial charge in [0.15, 0.2) is 11.5 Å². The SMILES string of the molecule is COc1cc(Br)c(C(=O)N2CCC(c3nc(-c4ccc(Cl)c([N+](=O)[O-])c4)cs3)CC2)cc1OC. The number of nitrogens with zero attached hydrogens (tertiary/aromatic N) is 3. The van der Waals surface area contributed by atoms with Gasteiger partial charge in [0, 0.05) is 40.5 Å². The van der Waals surface area contributed by atoms with Gasteiger partial charge < -0.3 is 14.4 Å². The summed E-state index contributed by atoms with van der Waals surface area (Å²) in [5, 5.41) is 14.2. The van der Waals surface area contributed by atoms with Crippen molar-refractivity contribution >= 4 is 50.5 Å². The van der Waals surface area contributed by atoms with Crippen molar-refractivity contribution in [1.29, 1.82) is 0 Å². The first-order valence-electron chi connectivity index (χ1n) is 10.4. The van der Waals surface area contributed by atoms with Crippen LogP contribution in [0.2, 0.25) is 5.02 Å². The zero-order valence-electron chi connectivity index (χ0n) is 18.4. The summed E-state index contributed by atoms with van der Waals surface area (Å²) in [7, 11) is 3.09. The van der Waals surface area contributed by atoms with Gasteiger partial charge in [-0.25, -0.2) is 4.98 Å². The van der Waals surface area contributed by atoms with Gasteiger partial charge in [-0.15, -0.1) is 11.3 Å². The first kappa shape index (κ1) is 24.4. The van der Waals surface area contributed by atoms with Gasteiger partial charge in [0.1, 0.15) is 5.02 Å². The summed E-state index contributed by atoms with van der Waals surface area (Å²) < 4.78 is 11.3. The summed E-state index contributed by atoms with van der Waals surface area (Å²) in [6.07, 6.45) is 1.56. The molecule has 1 aliphatic rings. The number of carbonyl (C=O) groups excluding carboxylic acids is 1. The Hall–Kier alpha value is -2.69. The Labute approximate surface area is 213 Å². The third-order valence-electron chi connectivity index (χ3n) is 5.80. The van der Waals surface area contributed by atoms with Crippen molar-refractivity contribution in [1.82, 2.24) is 9.88 Å². The second kappa shape index (κ2) is 10.3. The maximum atomic E-state index is 13.2. The molecule has 0 radical (unpaired) electrons. The number of hydrogen-bond acceptors (Lipinski definition) is 7. The van der Waals surface area contributed by atoms with Crippen molar-refractivity contribution in [2.24, 2.45) is 0 Å². The van der Waals surface area contributed by atoms with Crippen LogP contribution in [0.4, 0.5) is 5.69 Å². The quantitative estimate of drug-likeness (QED) is 0.262. The summed E-state index contributed by atoms with van der Waals surface area (Å²) in [5.41, 5.74) is 1.73. The molecule has 8 nitrogen and oxygen atoms in total. The van der Waals surface area contributed by atoms with Crippen LogP contribution in [0.25, 0.3) is 11.3 Å². The highest BCUT2D eigenvalue weighted by Crippen LogP contribution is 2.37. The zero-order valence-corrected chi connectivity index (χ0v) is 21.6. The number of thiazole rings is 1. The van der Waals surface area contributed by atoms with Crippen molar-refractivity contribution in [2.45, 2.75) is 18.8 Å². The molecular weight excluding hydrogens is 546 g/mol. The molecule has 0 bridgehead atoms. The van der Waals surface area contributed by atoms with Gasteiger partial charge >= 0.3 is 0 Å². The normalized spacial score (nSPS) is 14.2. The number of carbonyl (C=O) groups is 1. The van der Waals surface area contributed by atoms with E-state index in [1.807, 2.05) is 10.3 Å². The Balaban J connectivity index is 1.45. The highest BCUT2D eigenvalue weighted by molar-refractivity contribution is 9.10. The van der Waals surface area contributed by atoms with Gasteiger partial charge in [0.05, 0.1) is 35.4 Å². The predicted molar refractivity (Wildman–Crippen MR) is 134 cm³/mol. The van der Waals surface area contributed by atoms with E-state index in [4.69, 9.17) is 26.1 Å². The topological polar surface area (TPSA) is 94.8 Å². The van der Waals surface area contributed by atoms with Crippen molar-refractivity contribution in [3.05, 3.63) is 65.9 Å². The van der Waals surface area contributed by atoms with Gasteiger partial charge in [0.25, 0.3) is 11.6 Å². The first-order chi connectivity index (χ1) is 16.3. The number of amides is 1. The van der Waals surface area contributed by atoms with Gasteiger partial charge in [-0.3, -0.25) is 14.9 Å². The number of rotatable bonds is 6. The van der Waals surface area contributed by atoms with Crippen LogP contribution in [0.15, 0.2) is 40.2 Å². The molecule has 2 heterocycles. The highest BCUT2D eigenvalue weighted by atomic mass is 79.9. The molecule has 1 fully saturated rings. The molecule has 1 aliphatic heterocycles. The number of benzene rings is 2. The second-order valence-corrected chi connectivity index (χ2v) is 9.90. The lowest BCUT2D eigenvalue weighted by molar-refractivity contribution is -0.384. The van der Waals surface area contributed by atoms with E-state index >= 15 is 0 Å². The number of hydrogen-bond donors (Lipinski definition) is 0. The maximum absolute atomic E-state index is 13.2. The molecule has 2 aromatic carbocycles. The summed E-state index contributed by atoms with van der Waals surface area (Å²) in [6.45, 7) is 1.21. The molecule has 1 aromatic heterocycles. The fourth-order valence-electron chi connectivity index (χ4n) is 3.94. The average Bonchev–Trinajstić information content (AvgIpc) is 3.34. The standard InChI is InChI=1S/C23H21BrClN3O5S/c1-32-20-10-15(16(24)11-21(20)33-2)23(29)27-7-5-13(6-8-27)22-26-18(12-34-22)14-3-4-17(25)19(9-14)28(30)31/h3-4,9-13H,5-8H2,1-2H3. The van der Waals surface area contributed by atoms with E-state index in [1.54, 1.807) is 25.3 Å². The molecule has 1 amide bonds. The monoisotopic (exact) mass is 565 g/mol. The van der Waals surface area contributed by atoms with Gasteiger partial charge in [-0.05, 0) is 47.0 Å². The maximum Gasteiger partial charge on any atom is 0.288 e. The Morgan fingerprint density at radius 2 is 1.88 bits per heavy atom. The van der Waals surface area contributed by atoms with Gasteiger partial charge in [-0.2, -0.15) is 0 Å². The lowest BCUT2D eigenvalue weighted by Gasteiger charge is -2.31. The molecule has 0 spiro atoms. The number of likely N-dealkylation sites (tertiary alicyclic amines) is 1. The average molecular weight is 567 g/mol. The Morgan fingerprint density at radius 3 is 2.53 bits per heavy atom. The van der Waals surface area contributed by atoms with Crippen LogP contribution in [0, 0.1) is 10.1 Å². The number of nitro benzene ring substituents is 1. The smallest absolute Gasteiger partial charge is 0.288 e. The molecule has 0 unspecified atom stereocenters. The van der Waals surface area contributed by atoms with Crippen LogP contribution < -0.4 is 9.47 Å². The van der Waals surface area contributed by atoms with E-state index in [-0.39, 0.29) is 22.5 Å². The molecular formula is C23H21BrClN3O5S. The van der Waals surface area contributed by atoms with Crippen LogP contribution in [0.1, 0.15) is 34.1 Å². The molecule has 0 N–H and O–H groups in total. The van der Waals surface area contributed by atoms with Crippen molar-refractivity contribution in [3.8, 4) is 22.8 Å². The molecule has 178 valence electrons. The molecule has 3 aromatic rings. The number of aromatic nitrogens is 1. The lowest BCUT2D eigenvalue weighted by Crippen LogP contribution is -2.38. The van der Waals surface area contributed by atoms with E-state index < -0.39 is 4.92 Å². The van der Waals surface area contributed by atoms with Crippen molar-refractivity contribution in [3.63, 3.8) is 0 Å². The van der Waals surface area contributed by atoms with E-state index in [2.05, 4.69) is 15.9 Å². The molecule has 0 saturated carbocycles. The van der Waals surface area contributed by atoms with E-state index in [1.165, 1.54) is 30.6 Å².